The minimum absolute atomic E-state index is 0.0501. The summed E-state index contributed by atoms with van der Waals surface area (Å²) in [5, 5.41) is 0. The van der Waals surface area contributed by atoms with Gasteiger partial charge in [-0.25, -0.2) is 12.7 Å². The van der Waals surface area contributed by atoms with Crippen LogP contribution >= 0.6 is 0 Å². The first-order valence-corrected chi connectivity index (χ1v) is 10.2. The average Bonchev–Trinajstić information content (AvgIpc) is 2.68. The molecule has 0 saturated heterocycles. The van der Waals surface area contributed by atoms with Crippen LogP contribution in [0, 0.1) is 6.92 Å². The summed E-state index contributed by atoms with van der Waals surface area (Å²) in [6.45, 7) is 1.94. The molecule has 5 heteroatoms. The normalized spacial score (nSPS) is 16.9. The van der Waals surface area contributed by atoms with Crippen molar-refractivity contribution in [1.82, 2.24) is 4.31 Å². The lowest BCUT2D eigenvalue weighted by molar-refractivity contribution is -0.128. The van der Waals surface area contributed by atoms with Crippen molar-refractivity contribution < 1.29 is 13.2 Å². The molecule has 3 aromatic carbocycles. The molecule has 0 radical (unpaired) electrons. The highest BCUT2D eigenvalue weighted by Gasteiger charge is 2.40. The first kappa shape index (κ1) is 17.5. The van der Waals surface area contributed by atoms with Crippen LogP contribution in [0.3, 0.4) is 0 Å². The van der Waals surface area contributed by atoms with Gasteiger partial charge in [-0.15, -0.1) is 0 Å². The van der Waals surface area contributed by atoms with Crippen molar-refractivity contribution in [3.63, 3.8) is 0 Å². The summed E-state index contributed by atoms with van der Waals surface area (Å²) in [6, 6.07) is 23.4. The lowest BCUT2D eigenvalue weighted by Crippen LogP contribution is -2.43. The number of hydrogen-bond donors (Lipinski definition) is 0. The topological polar surface area (TPSA) is 54.5 Å². The molecule has 0 fully saturated rings. The molecule has 1 aliphatic heterocycles. The van der Waals surface area contributed by atoms with E-state index in [-0.39, 0.29) is 11.4 Å². The molecule has 1 amide bonds. The SMILES string of the molecule is Cc1ccc(S(=O)(=O)N2Cc3ccccc3C(c3ccccc3)C2=O)cc1. The summed E-state index contributed by atoms with van der Waals surface area (Å²) in [5.74, 6) is -1.04. The van der Waals surface area contributed by atoms with Crippen LogP contribution in [0.1, 0.15) is 28.2 Å². The Morgan fingerprint density at radius 1 is 0.852 bits per heavy atom. The minimum atomic E-state index is -3.93. The molecule has 0 saturated carbocycles. The van der Waals surface area contributed by atoms with E-state index in [4.69, 9.17) is 0 Å². The molecule has 4 rings (SSSR count). The van der Waals surface area contributed by atoms with Gasteiger partial charge < -0.3 is 0 Å². The molecule has 0 aliphatic carbocycles. The van der Waals surface area contributed by atoms with E-state index in [1.807, 2.05) is 61.5 Å². The van der Waals surface area contributed by atoms with Crippen LogP contribution in [0.4, 0.5) is 0 Å². The number of aryl methyl sites for hydroxylation is 1. The Morgan fingerprint density at radius 2 is 1.48 bits per heavy atom. The zero-order chi connectivity index (χ0) is 19.0. The van der Waals surface area contributed by atoms with E-state index < -0.39 is 21.8 Å². The summed E-state index contributed by atoms with van der Waals surface area (Å²) in [5.41, 5.74) is 3.47. The average molecular weight is 377 g/mol. The standard InChI is InChI=1S/C22H19NO3S/c1-16-11-13-19(14-12-16)27(25,26)23-15-18-9-5-6-10-20(18)21(22(23)24)17-7-3-2-4-8-17/h2-14,21H,15H2,1H3. The second-order valence-electron chi connectivity index (χ2n) is 6.71. The lowest BCUT2D eigenvalue weighted by atomic mass is 9.85. The van der Waals surface area contributed by atoms with Gasteiger partial charge in [0.05, 0.1) is 17.4 Å². The predicted molar refractivity (Wildman–Crippen MR) is 104 cm³/mol. The molecule has 0 bridgehead atoms. The third kappa shape index (κ3) is 3.04. The van der Waals surface area contributed by atoms with Crippen LogP contribution in [0.5, 0.6) is 0 Å². The Hall–Kier alpha value is -2.92. The molecule has 27 heavy (non-hydrogen) atoms. The summed E-state index contributed by atoms with van der Waals surface area (Å²) < 4.78 is 27.4. The number of sulfonamides is 1. The Morgan fingerprint density at radius 3 is 2.19 bits per heavy atom. The van der Waals surface area contributed by atoms with E-state index in [0.29, 0.717) is 0 Å². The van der Waals surface area contributed by atoms with Crippen LogP contribution in [-0.4, -0.2) is 18.6 Å². The van der Waals surface area contributed by atoms with Gasteiger partial charge in [0.15, 0.2) is 0 Å². The van der Waals surface area contributed by atoms with E-state index in [2.05, 4.69) is 0 Å². The van der Waals surface area contributed by atoms with E-state index in [0.717, 1.165) is 26.6 Å². The van der Waals surface area contributed by atoms with Gasteiger partial charge in [-0.2, -0.15) is 0 Å². The fraction of sp³-hybridized carbons (Fsp3) is 0.136. The first-order chi connectivity index (χ1) is 13.0. The number of hydrogen-bond acceptors (Lipinski definition) is 3. The van der Waals surface area contributed by atoms with E-state index >= 15 is 0 Å². The number of nitrogens with zero attached hydrogens (tertiary/aromatic N) is 1. The second-order valence-corrected chi connectivity index (χ2v) is 8.57. The largest absolute Gasteiger partial charge is 0.273 e. The lowest BCUT2D eigenvalue weighted by Gasteiger charge is -2.33. The predicted octanol–water partition coefficient (Wildman–Crippen LogP) is 3.86. The molecule has 1 aliphatic rings. The Kier molecular flexibility index (Phi) is 4.32. The Labute approximate surface area is 159 Å². The van der Waals surface area contributed by atoms with Crippen LogP contribution in [-0.2, 0) is 21.4 Å². The van der Waals surface area contributed by atoms with Crippen LogP contribution < -0.4 is 0 Å². The summed E-state index contributed by atoms with van der Waals surface area (Å²) in [4.78, 5) is 13.5. The third-order valence-corrected chi connectivity index (χ3v) is 6.67. The number of amides is 1. The van der Waals surface area contributed by atoms with Crippen molar-refractivity contribution in [2.75, 3.05) is 0 Å². The Balaban J connectivity index is 1.84. The van der Waals surface area contributed by atoms with E-state index in [1.54, 1.807) is 24.3 Å². The van der Waals surface area contributed by atoms with Crippen molar-refractivity contribution in [1.29, 1.82) is 0 Å². The fourth-order valence-electron chi connectivity index (χ4n) is 3.48. The highest BCUT2D eigenvalue weighted by atomic mass is 32.2. The van der Waals surface area contributed by atoms with Crippen LogP contribution in [0.25, 0.3) is 0 Å². The molecular formula is C22H19NO3S. The molecule has 0 spiro atoms. The fourth-order valence-corrected chi connectivity index (χ4v) is 4.86. The number of rotatable bonds is 3. The number of carbonyl (C=O) groups is 1. The van der Waals surface area contributed by atoms with Gasteiger partial charge in [-0.05, 0) is 35.7 Å². The van der Waals surface area contributed by atoms with Crippen molar-refractivity contribution in [2.24, 2.45) is 0 Å². The molecule has 1 atom stereocenters. The first-order valence-electron chi connectivity index (χ1n) is 8.74. The van der Waals surface area contributed by atoms with E-state index in [9.17, 15) is 13.2 Å². The highest BCUT2D eigenvalue weighted by Crippen LogP contribution is 2.36. The maximum atomic E-state index is 13.3. The molecule has 1 heterocycles. The Bertz CT molecular complexity index is 1090. The van der Waals surface area contributed by atoms with Gasteiger partial charge in [-0.3, -0.25) is 4.79 Å². The van der Waals surface area contributed by atoms with Gasteiger partial charge in [-0.1, -0.05) is 72.3 Å². The molecule has 4 nitrogen and oxygen atoms in total. The number of fused-ring (bicyclic) bond motifs is 1. The maximum absolute atomic E-state index is 13.3. The number of carbonyl (C=O) groups excluding carboxylic acids is 1. The zero-order valence-electron chi connectivity index (χ0n) is 14.9. The zero-order valence-corrected chi connectivity index (χ0v) is 15.7. The van der Waals surface area contributed by atoms with Gasteiger partial charge in [0.25, 0.3) is 10.0 Å². The smallest absolute Gasteiger partial charge is 0.266 e. The van der Waals surface area contributed by atoms with Crippen molar-refractivity contribution >= 4 is 15.9 Å². The van der Waals surface area contributed by atoms with Crippen molar-refractivity contribution in [3.05, 3.63) is 101 Å². The summed E-state index contributed by atoms with van der Waals surface area (Å²) >= 11 is 0. The van der Waals surface area contributed by atoms with Crippen LogP contribution in [0.2, 0.25) is 0 Å². The molecule has 1 unspecified atom stereocenters. The third-order valence-electron chi connectivity index (χ3n) is 4.91. The monoisotopic (exact) mass is 377 g/mol. The molecule has 136 valence electrons. The second kappa shape index (κ2) is 6.67. The number of benzene rings is 3. The van der Waals surface area contributed by atoms with E-state index in [1.165, 1.54) is 0 Å². The summed E-state index contributed by atoms with van der Waals surface area (Å²) in [6.07, 6.45) is 0. The van der Waals surface area contributed by atoms with Gasteiger partial charge in [0.1, 0.15) is 0 Å². The van der Waals surface area contributed by atoms with Gasteiger partial charge in [0, 0.05) is 0 Å². The molecule has 0 N–H and O–H groups in total. The summed E-state index contributed by atoms with van der Waals surface area (Å²) in [7, 11) is -3.93. The minimum Gasteiger partial charge on any atom is -0.273 e. The van der Waals surface area contributed by atoms with Crippen molar-refractivity contribution in [3.8, 4) is 0 Å². The molecular weight excluding hydrogens is 358 g/mol. The van der Waals surface area contributed by atoms with Gasteiger partial charge >= 0.3 is 0 Å². The highest BCUT2D eigenvalue weighted by molar-refractivity contribution is 7.89. The van der Waals surface area contributed by atoms with Crippen molar-refractivity contribution in [2.45, 2.75) is 24.3 Å². The molecule has 0 aromatic heterocycles. The maximum Gasteiger partial charge on any atom is 0.266 e. The van der Waals surface area contributed by atoms with Crippen LogP contribution in [0.15, 0.2) is 83.8 Å². The molecule has 3 aromatic rings. The quantitative estimate of drug-likeness (QED) is 0.696. The van der Waals surface area contributed by atoms with Gasteiger partial charge in [0.2, 0.25) is 5.91 Å².